The number of anilines is 1. The third kappa shape index (κ3) is 4.32. The number of nitrogens with one attached hydrogen (secondary N) is 2. The number of benzene rings is 3. The minimum Gasteiger partial charge on any atom is -0.377 e. The van der Waals surface area contributed by atoms with Gasteiger partial charge in [0.2, 0.25) is 0 Å². The van der Waals surface area contributed by atoms with Gasteiger partial charge in [0, 0.05) is 12.5 Å². The molecular formula is C30H32N2O. The lowest BCUT2D eigenvalue weighted by Crippen LogP contribution is -2.32. The normalized spacial score (nSPS) is 20.8. The summed E-state index contributed by atoms with van der Waals surface area (Å²) in [5.74, 6) is 1.32. The molecule has 0 radical (unpaired) electrons. The standard InChI is InChI=1S/C30H32N2O/c1-20(2)22-14-16-23(17-15-22)28-25-11-6-10-24(25)26-12-7-13-27(29(26)32-28)30(33)31-19-18-21-8-4-3-5-9-21/h3-10,12-17,20,24-25,28,32H,11,18-19H2,1-2H3,(H,31,33). The van der Waals surface area contributed by atoms with E-state index in [0.717, 1.165) is 24.1 Å². The third-order valence-corrected chi connectivity index (χ3v) is 7.15. The highest BCUT2D eigenvalue weighted by Crippen LogP contribution is 2.50. The first-order valence-corrected chi connectivity index (χ1v) is 12.1. The van der Waals surface area contributed by atoms with Gasteiger partial charge in [-0.15, -0.1) is 0 Å². The number of carbonyl (C=O) groups is 1. The highest BCUT2D eigenvalue weighted by molar-refractivity contribution is 6.00. The summed E-state index contributed by atoms with van der Waals surface area (Å²) in [6, 6.07) is 25.6. The van der Waals surface area contributed by atoms with E-state index in [2.05, 4.69) is 79.1 Å². The molecule has 0 saturated heterocycles. The molecular weight excluding hydrogens is 404 g/mol. The second-order valence-electron chi connectivity index (χ2n) is 9.56. The lowest BCUT2D eigenvalue weighted by molar-refractivity contribution is 0.0954. The van der Waals surface area contributed by atoms with E-state index in [1.165, 1.54) is 22.3 Å². The number of hydrogen-bond acceptors (Lipinski definition) is 2. The van der Waals surface area contributed by atoms with Gasteiger partial charge in [0.15, 0.2) is 0 Å². The predicted octanol–water partition coefficient (Wildman–Crippen LogP) is 6.61. The zero-order chi connectivity index (χ0) is 22.8. The van der Waals surface area contributed by atoms with Gasteiger partial charge in [-0.3, -0.25) is 4.79 Å². The Hall–Kier alpha value is -3.33. The van der Waals surface area contributed by atoms with Crippen molar-refractivity contribution < 1.29 is 4.79 Å². The average Bonchev–Trinajstić information content (AvgIpc) is 3.34. The summed E-state index contributed by atoms with van der Waals surface area (Å²) in [6.07, 6.45) is 6.51. The molecule has 1 heterocycles. The number of allylic oxidation sites excluding steroid dienone is 2. The van der Waals surface area contributed by atoms with Crippen LogP contribution in [0.5, 0.6) is 0 Å². The lowest BCUT2D eigenvalue weighted by Gasteiger charge is -2.38. The topological polar surface area (TPSA) is 41.1 Å². The molecule has 1 aliphatic heterocycles. The first-order chi connectivity index (χ1) is 16.1. The van der Waals surface area contributed by atoms with Crippen LogP contribution < -0.4 is 10.6 Å². The molecule has 0 saturated carbocycles. The fraction of sp³-hybridized carbons (Fsp3) is 0.300. The molecule has 3 unspecified atom stereocenters. The van der Waals surface area contributed by atoms with Crippen molar-refractivity contribution in [3.63, 3.8) is 0 Å². The van der Waals surface area contributed by atoms with E-state index in [1.807, 2.05) is 30.3 Å². The fourth-order valence-corrected chi connectivity index (χ4v) is 5.29. The van der Waals surface area contributed by atoms with E-state index in [9.17, 15) is 4.79 Å². The van der Waals surface area contributed by atoms with Crippen LogP contribution in [0.2, 0.25) is 0 Å². The summed E-state index contributed by atoms with van der Waals surface area (Å²) < 4.78 is 0. The summed E-state index contributed by atoms with van der Waals surface area (Å²) in [5, 5.41) is 6.92. The first-order valence-electron chi connectivity index (χ1n) is 12.1. The van der Waals surface area contributed by atoms with Crippen LogP contribution >= 0.6 is 0 Å². The Morgan fingerprint density at radius 2 is 1.79 bits per heavy atom. The second-order valence-corrected chi connectivity index (χ2v) is 9.56. The Bertz CT molecular complexity index is 1150. The Kier molecular flexibility index (Phi) is 6.04. The van der Waals surface area contributed by atoms with E-state index in [1.54, 1.807) is 0 Å². The molecule has 0 spiro atoms. The van der Waals surface area contributed by atoms with Crippen LogP contribution in [0.4, 0.5) is 5.69 Å². The highest BCUT2D eigenvalue weighted by atomic mass is 16.1. The van der Waals surface area contributed by atoms with Gasteiger partial charge in [0.25, 0.3) is 5.91 Å². The minimum absolute atomic E-state index is 0.00962. The zero-order valence-electron chi connectivity index (χ0n) is 19.4. The molecule has 3 heteroatoms. The number of hydrogen-bond donors (Lipinski definition) is 2. The molecule has 0 bridgehead atoms. The number of amides is 1. The quantitative estimate of drug-likeness (QED) is 0.427. The van der Waals surface area contributed by atoms with E-state index >= 15 is 0 Å². The smallest absolute Gasteiger partial charge is 0.253 e. The van der Waals surface area contributed by atoms with Crippen LogP contribution in [0.1, 0.15) is 70.8 Å². The molecule has 2 N–H and O–H groups in total. The van der Waals surface area contributed by atoms with Crippen molar-refractivity contribution in [2.45, 2.75) is 44.6 Å². The van der Waals surface area contributed by atoms with E-state index in [4.69, 9.17) is 0 Å². The van der Waals surface area contributed by atoms with Crippen molar-refractivity contribution >= 4 is 11.6 Å². The summed E-state index contributed by atoms with van der Waals surface area (Å²) in [4.78, 5) is 13.2. The monoisotopic (exact) mass is 436 g/mol. The molecule has 3 atom stereocenters. The molecule has 1 amide bonds. The predicted molar refractivity (Wildman–Crippen MR) is 136 cm³/mol. The van der Waals surface area contributed by atoms with Crippen molar-refractivity contribution in [1.29, 1.82) is 0 Å². The van der Waals surface area contributed by atoms with Crippen LogP contribution in [-0.2, 0) is 6.42 Å². The number of carbonyl (C=O) groups excluding carboxylic acids is 1. The number of rotatable bonds is 6. The lowest BCUT2D eigenvalue weighted by atomic mass is 9.76. The van der Waals surface area contributed by atoms with E-state index in [0.29, 0.717) is 24.3 Å². The molecule has 0 fully saturated rings. The van der Waals surface area contributed by atoms with Gasteiger partial charge in [-0.25, -0.2) is 0 Å². The number of para-hydroxylation sites is 1. The Balaban J connectivity index is 1.39. The molecule has 3 aromatic carbocycles. The highest BCUT2D eigenvalue weighted by Gasteiger charge is 2.39. The van der Waals surface area contributed by atoms with Gasteiger partial charge >= 0.3 is 0 Å². The molecule has 0 aromatic heterocycles. The Morgan fingerprint density at radius 3 is 2.55 bits per heavy atom. The molecule has 168 valence electrons. The van der Waals surface area contributed by atoms with E-state index < -0.39 is 0 Å². The van der Waals surface area contributed by atoms with Crippen LogP contribution in [-0.4, -0.2) is 12.5 Å². The van der Waals surface area contributed by atoms with Crippen molar-refractivity contribution in [3.05, 3.63) is 113 Å². The summed E-state index contributed by atoms with van der Waals surface area (Å²) >= 11 is 0. The van der Waals surface area contributed by atoms with Crippen molar-refractivity contribution in [2.75, 3.05) is 11.9 Å². The van der Waals surface area contributed by atoms with Crippen LogP contribution in [0, 0.1) is 5.92 Å². The SMILES string of the molecule is CC(C)c1ccc(C2Nc3c(C(=O)NCCc4ccccc4)cccc3C3C=CCC32)cc1. The van der Waals surface area contributed by atoms with Crippen molar-refractivity contribution in [1.82, 2.24) is 5.32 Å². The molecule has 3 nitrogen and oxygen atoms in total. The van der Waals surface area contributed by atoms with Gasteiger partial charge in [-0.05, 0) is 53.0 Å². The van der Waals surface area contributed by atoms with Gasteiger partial charge in [0.1, 0.15) is 0 Å². The fourth-order valence-electron chi connectivity index (χ4n) is 5.29. The Morgan fingerprint density at radius 1 is 1.00 bits per heavy atom. The largest absolute Gasteiger partial charge is 0.377 e. The Labute approximate surface area is 196 Å². The number of fused-ring (bicyclic) bond motifs is 3. The molecule has 2 aliphatic rings. The maximum atomic E-state index is 13.2. The average molecular weight is 437 g/mol. The van der Waals surface area contributed by atoms with Gasteiger partial charge in [-0.1, -0.05) is 92.7 Å². The summed E-state index contributed by atoms with van der Waals surface area (Å²) in [7, 11) is 0. The summed E-state index contributed by atoms with van der Waals surface area (Å²) in [5.41, 5.74) is 6.84. The minimum atomic E-state index is -0.00962. The van der Waals surface area contributed by atoms with Crippen molar-refractivity contribution in [3.8, 4) is 0 Å². The molecule has 5 rings (SSSR count). The van der Waals surface area contributed by atoms with E-state index in [-0.39, 0.29) is 11.9 Å². The van der Waals surface area contributed by atoms with Crippen LogP contribution in [0.25, 0.3) is 0 Å². The third-order valence-electron chi connectivity index (χ3n) is 7.15. The van der Waals surface area contributed by atoms with Gasteiger partial charge in [-0.2, -0.15) is 0 Å². The van der Waals surface area contributed by atoms with Crippen molar-refractivity contribution in [2.24, 2.45) is 5.92 Å². The summed E-state index contributed by atoms with van der Waals surface area (Å²) in [6.45, 7) is 5.08. The molecule has 33 heavy (non-hydrogen) atoms. The maximum absolute atomic E-state index is 13.2. The van der Waals surface area contributed by atoms with Crippen LogP contribution in [0.3, 0.4) is 0 Å². The zero-order valence-corrected chi connectivity index (χ0v) is 19.4. The van der Waals surface area contributed by atoms with Gasteiger partial charge in [0.05, 0.1) is 17.3 Å². The maximum Gasteiger partial charge on any atom is 0.253 e. The second kappa shape index (κ2) is 9.27. The molecule has 1 aliphatic carbocycles. The first kappa shape index (κ1) is 21.5. The molecule has 3 aromatic rings. The van der Waals surface area contributed by atoms with Crippen LogP contribution in [0.15, 0.2) is 84.9 Å². The van der Waals surface area contributed by atoms with Gasteiger partial charge < -0.3 is 10.6 Å².